The quantitative estimate of drug-likeness (QED) is 0.767. The molecule has 2 aliphatic rings. The van der Waals surface area contributed by atoms with Crippen LogP contribution < -0.4 is 5.32 Å². The van der Waals surface area contributed by atoms with Gasteiger partial charge in [-0.1, -0.05) is 0 Å². The standard InChI is InChI=1S/C12H19N5O/c1-9(18)16-5-2-3-10(8-16)12-15-14-11-7-13-4-6-17(11)12/h10,13H,2-8H2,1H3. The van der Waals surface area contributed by atoms with E-state index in [0.29, 0.717) is 5.92 Å². The average Bonchev–Trinajstić information content (AvgIpc) is 2.82. The van der Waals surface area contributed by atoms with Crippen molar-refractivity contribution in [2.24, 2.45) is 0 Å². The van der Waals surface area contributed by atoms with Crippen molar-refractivity contribution in [3.05, 3.63) is 11.6 Å². The third-order valence-electron chi connectivity index (χ3n) is 3.88. The van der Waals surface area contributed by atoms with Gasteiger partial charge in [-0.25, -0.2) is 0 Å². The Morgan fingerprint density at radius 3 is 3.11 bits per heavy atom. The largest absolute Gasteiger partial charge is 0.342 e. The summed E-state index contributed by atoms with van der Waals surface area (Å²) in [6, 6.07) is 0. The molecule has 1 N–H and O–H groups in total. The van der Waals surface area contributed by atoms with Gasteiger partial charge >= 0.3 is 0 Å². The lowest BCUT2D eigenvalue weighted by Gasteiger charge is -2.32. The molecule has 1 unspecified atom stereocenters. The van der Waals surface area contributed by atoms with E-state index in [9.17, 15) is 4.79 Å². The molecule has 6 nitrogen and oxygen atoms in total. The second kappa shape index (κ2) is 4.68. The van der Waals surface area contributed by atoms with Crippen molar-refractivity contribution in [1.29, 1.82) is 0 Å². The van der Waals surface area contributed by atoms with Gasteiger partial charge in [-0.2, -0.15) is 0 Å². The molecule has 1 fully saturated rings. The smallest absolute Gasteiger partial charge is 0.219 e. The first-order chi connectivity index (χ1) is 8.75. The first kappa shape index (κ1) is 11.6. The van der Waals surface area contributed by atoms with Crippen LogP contribution in [0.25, 0.3) is 0 Å². The van der Waals surface area contributed by atoms with Crippen LogP contribution in [0.2, 0.25) is 0 Å². The van der Waals surface area contributed by atoms with E-state index in [2.05, 4.69) is 20.1 Å². The number of piperidine rings is 1. The molecule has 0 spiro atoms. The van der Waals surface area contributed by atoms with Gasteiger partial charge in [-0.15, -0.1) is 10.2 Å². The topological polar surface area (TPSA) is 63.1 Å². The number of hydrogen-bond donors (Lipinski definition) is 1. The van der Waals surface area contributed by atoms with Crippen LogP contribution >= 0.6 is 0 Å². The van der Waals surface area contributed by atoms with E-state index in [-0.39, 0.29) is 5.91 Å². The second-order valence-electron chi connectivity index (χ2n) is 5.11. The average molecular weight is 249 g/mol. The Morgan fingerprint density at radius 1 is 1.39 bits per heavy atom. The molecule has 0 saturated carbocycles. The predicted octanol–water partition coefficient (Wildman–Crippen LogP) is 0.107. The minimum absolute atomic E-state index is 0.166. The highest BCUT2D eigenvalue weighted by Gasteiger charge is 2.28. The molecule has 3 rings (SSSR count). The zero-order chi connectivity index (χ0) is 12.5. The molecule has 0 aliphatic carbocycles. The molecule has 2 aliphatic heterocycles. The van der Waals surface area contributed by atoms with Crippen molar-refractivity contribution in [3.63, 3.8) is 0 Å². The fourth-order valence-corrected chi connectivity index (χ4v) is 2.89. The first-order valence-corrected chi connectivity index (χ1v) is 6.64. The lowest BCUT2D eigenvalue weighted by Crippen LogP contribution is -2.39. The molecule has 0 bridgehead atoms. The Hall–Kier alpha value is -1.43. The van der Waals surface area contributed by atoms with E-state index >= 15 is 0 Å². The fourth-order valence-electron chi connectivity index (χ4n) is 2.89. The van der Waals surface area contributed by atoms with Crippen molar-refractivity contribution in [1.82, 2.24) is 25.0 Å². The normalized spacial score (nSPS) is 23.8. The molecule has 1 amide bonds. The zero-order valence-electron chi connectivity index (χ0n) is 10.7. The minimum atomic E-state index is 0.166. The summed E-state index contributed by atoms with van der Waals surface area (Å²) >= 11 is 0. The molecule has 1 saturated heterocycles. The molecule has 1 aromatic rings. The molecule has 3 heterocycles. The number of aromatic nitrogens is 3. The van der Waals surface area contributed by atoms with Gasteiger partial charge in [0.2, 0.25) is 5.91 Å². The number of nitrogens with zero attached hydrogens (tertiary/aromatic N) is 4. The van der Waals surface area contributed by atoms with E-state index in [4.69, 9.17) is 0 Å². The van der Waals surface area contributed by atoms with Crippen LogP contribution in [0.4, 0.5) is 0 Å². The lowest BCUT2D eigenvalue weighted by atomic mass is 9.97. The van der Waals surface area contributed by atoms with Crippen molar-refractivity contribution in [3.8, 4) is 0 Å². The summed E-state index contributed by atoms with van der Waals surface area (Å²) in [4.78, 5) is 13.4. The van der Waals surface area contributed by atoms with Gasteiger partial charge in [0.05, 0.1) is 6.54 Å². The second-order valence-corrected chi connectivity index (χ2v) is 5.11. The number of fused-ring (bicyclic) bond motifs is 1. The highest BCUT2D eigenvalue weighted by Crippen LogP contribution is 2.26. The van der Waals surface area contributed by atoms with Gasteiger partial charge in [0.1, 0.15) is 11.6 Å². The molecule has 6 heteroatoms. The van der Waals surface area contributed by atoms with E-state index in [0.717, 1.165) is 57.2 Å². The molecule has 1 aromatic heterocycles. The van der Waals surface area contributed by atoms with Crippen LogP contribution in [0.1, 0.15) is 37.3 Å². The lowest BCUT2D eigenvalue weighted by molar-refractivity contribution is -0.130. The summed E-state index contributed by atoms with van der Waals surface area (Å²) in [6.45, 7) is 6.03. The SMILES string of the molecule is CC(=O)N1CCCC(c2nnc3n2CCNC3)C1. The summed E-state index contributed by atoms with van der Waals surface area (Å²) in [7, 11) is 0. The van der Waals surface area contributed by atoms with Crippen LogP contribution in [-0.4, -0.2) is 45.2 Å². The number of rotatable bonds is 1. The number of nitrogens with one attached hydrogen (secondary N) is 1. The Balaban J connectivity index is 1.82. The van der Waals surface area contributed by atoms with Crippen LogP contribution in [0.3, 0.4) is 0 Å². The maximum atomic E-state index is 11.5. The number of likely N-dealkylation sites (tertiary alicyclic amines) is 1. The van der Waals surface area contributed by atoms with Gasteiger partial charge < -0.3 is 14.8 Å². The van der Waals surface area contributed by atoms with Crippen LogP contribution in [0.5, 0.6) is 0 Å². The van der Waals surface area contributed by atoms with Crippen LogP contribution in [0.15, 0.2) is 0 Å². The number of amides is 1. The predicted molar refractivity (Wildman–Crippen MR) is 66.0 cm³/mol. The van der Waals surface area contributed by atoms with E-state index in [1.807, 2.05) is 4.90 Å². The third kappa shape index (κ3) is 2.01. The highest BCUT2D eigenvalue weighted by molar-refractivity contribution is 5.73. The maximum Gasteiger partial charge on any atom is 0.219 e. The Labute approximate surface area is 106 Å². The summed E-state index contributed by atoms with van der Waals surface area (Å²) < 4.78 is 2.23. The summed E-state index contributed by atoms with van der Waals surface area (Å²) in [5.41, 5.74) is 0. The molecular weight excluding hydrogens is 230 g/mol. The van der Waals surface area contributed by atoms with Gasteiger partial charge in [0.25, 0.3) is 0 Å². The summed E-state index contributed by atoms with van der Waals surface area (Å²) in [5.74, 6) is 2.61. The Bertz CT molecular complexity index is 455. The van der Waals surface area contributed by atoms with Gasteiger partial charge in [-0.05, 0) is 12.8 Å². The highest BCUT2D eigenvalue weighted by atomic mass is 16.2. The molecule has 0 aromatic carbocycles. The number of carbonyl (C=O) groups is 1. The van der Waals surface area contributed by atoms with Crippen molar-refractivity contribution in [2.75, 3.05) is 19.6 Å². The summed E-state index contributed by atoms with van der Waals surface area (Å²) in [6.07, 6.45) is 2.17. The number of carbonyl (C=O) groups excluding carboxylic acids is 1. The van der Waals surface area contributed by atoms with Crippen molar-refractivity contribution < 1.29 is 4.79 Å². The van der Waals surface area contributed by atoms with Crippen molar-refractivity contribution in [2.45, 2.75) is 38.8 Å². The van der Waals surface area contributed by atoms with E-state index in [1.165, 1.54) is 0 Å². The van der Waals surface area contributed by atoms with Crippen LogP contribution in [-0.2, 0) is 17.9 Å². The molecular formula is C12H19N5O. The molecule has 98 valence electrons. The molecule has 1 atom stereocenters. The summed E-state index contributed by atoms with van der Waals surface area (Å²) in [5, 5.41) is 11.9. The first-order valence-electron chi connectivity index (χ1n) is 6.64. The zero-order valence-corrected chi connectivity index (χ0v) is 10.7. The number of hydrogen-bond acceptors (Lipinski definition) is 4. The van der Waals surface area contributed by atoms with Gasteiger partial charge in [0.15, 0.2) is 0 Å². The van der Waals surface area contributed by atoms with Gasteiger partial charge in [-0.3, -0.25) is 4.79 Å². The third-order valence-corrected chi connectivity index (χ3v) is 3.88. The van der Waals surface area contributed by atoms with E-state index < -0.39 is 0 Å². The Morgan fingerprint density at radius 2 is 2.28 bits per heavy atom. The monoisotopic (exact) mass is 249 g/mol. The van der Waals surface area contributed by atoms with E-state index in [1.54, 1.807) is 6.92 Å². The van der Waals surface area contributed by atoms with Crippen LogP contribution in [0, 0.1) is 0 Å². The Kier molecular flexibility index (Phi) is 3.03. The molecule has 0 radical (unpaired) electrons. The maximum absolute atomic E-state index is 11.5. The minimum Gasteiger partial charge on any atom is -0.342 e. The molecule has 18 heavy (non-hydrogen) atoms. The fraction of sp³-hybridized carbons (Fsp3) is 0.750. The van der Waals surface area contributed by atoms with Crippen molar-refractivity contribution >= 4 is 5.91 Å². The van der Waals surface area contributed by atoms with Gasteiger partial charge in [0, 0.05) is 39.0 Å².